The minimum atomic E-state index is 1.04. The van der Waals surface area contributed by atoms with Gasteiger partial charge in [-0.15, -0.1) is 0 Å². The predicted octanol–water partition coefficient (Wildman–Crippen LogP) is 1.64. The molecule has 0 aliphatic carbocycles. The number of nitrogens with zero attached hydrogens (tertiary/aromatic N) is 2. The maximum Gasteiger partial charge on any atom is 0.151 e. The molecule has 3 heteroatoms. The highest BCUT2D eigenvalue weighted by Crippen LogP contribution is 2.25. The number of rotatable bonds is 0. The van der Waals surface area contributed by atoms with Gasteiger partial charge in [0.1, 0.15) is 0 Å². The zero-order valence-electron chi connectivity index (χ0n) is 8.17. The molecule has 2 rings (SSSR count). The Morgan fingerprint density at radius 3 is 3.23 bits per heavy atom. The maximum atomic E-state index is 4.42. The fraction of sp³-hybridized carbons (Fsp3) is 0.500. The van der Waals surface area contributed by atoms with Gasteiger partial charge in [0.25, 0.3) is 0 Å². The monoisotopic (exact) mass is 177 g/mol. The number of fused-ring (bicyclic) bond motifs is 1. The molecular weight excluding hydrogens is 162 g/mol. The van der Waals surface area contributed by atoms with Crippen LogP contribution in [0.1, 0.15) is 12.0 Å². The first-order valence-electron chi connectivity index (χ1n) is 4.69. The van der Waals surface area contributed by atoms with Crippen LogP contribution in [-0.4, -0.2) is 25.1 Å². The highest BCUT2D eigenvalue weighted by molar-refractivity contribution is 5.66. The van der Waals surface area contributed by atoms with E-state index >= 15 is 0 Å². The molecule has 0 atom stereocenters. The van der Waals surface area contributed by atoms with Gasteiger partial charge in [0.2, 0.25) is 0 Å². The van der Waals surface area contributed by atoms with Crippen molar-refractivity contribution < 1.29 is 0 Å². The summed E-state index contributed by atoms with van der Waals surface area (Å²) in [5, 5.41) is 3.39. The van der Waals surface area contributed by atoms with Gasteiger partial charge in [-0.05, 0) is 25.0 Å². The van der Waals surface area contributed by atoms with Crippen molar-refractivity contribution in [2.24, 2.45) is 0 Å². The number of anilines is 2. The summed E-state index contributed by atoms with van der Waals surface area (Å²) < 4.78 is 0. The Hall–Kier alpha value is -1.25. The molecule has 1 aliphatic heterocycles. The molecule has 0 fully saturated rings. The Morgan fingerprint density at radius 1 is 1.54 bits per heavy atom. The molecule has 0 aromatic carbocycles. The number of nitrogens with one attached hydrogen (secondary N) is 1. The summed E-state index contributed by atoms with van der Waals surface area (Å²) in [7, 11) is 2.09. The molecule has 0 amide bonds. The lowest BCUT2D eigenvalue weighted by atomic mass is 10.3. The third kappa shape index (κ3) is 1.59. The average molecular weight is 177 g/mol. The Balaban J connectivity index is 2.42. The number of pyridine rings is 1. The topological polar surface area (TPSA) is 28.2 Å². The average Bonchev–Trinajstić information content (AvgIpc) is 2.28. The van der Waals surface area contributed by atoms with Crippen molar-refractivity contribution >= 4 is 11.5 Å². The van der Waals surface area contributed by atoms with Gasteiger partial charge in [-0.3, -0.25) is 0 Å². The normalized spacial score (nSPS) is 16.0. The van der Waals surface area contributed by atoms with Crippen molar-refractivity contribution in [1.29, 1.82) is 0 Å². The van der Waals surface area contributed by atoms with Crippen molar-refractivity contribution in [3.05, 3.63) is 17.8 Å². The Bertz CT molecular complexity index is 309. The quantitative estimate of drug-likeness (QED) is 0.653. The van der Waals surface area contributed by atoms with Gasteiger partial charge >= 0.3 is 0 Å². The Labute approximate surface area is 78.8 Å². The zero-order chi connectivity index (χ0) is 9.26. The van der Waals surface area contributed by atoms with Crippen LogP contribution in [-0.2, 0) is 0 Å². The second kappa shape index (κ2) is 3.24. The third-order valence-corrected chi connectivity index (χ3v) is 2.35. The van der Waals surface area contributed by atoms with Crippen molar-refractivity contribution in [1.82, 2.24) is 4.98 Å². The molecule has 1 N–H and O–H groups in total. The van der Waals surface area contributed by atoms with E-state index in [1.807, 2.05) is 6.20 Å². The lowest BCUT2D eigenvalue weighted by Crippen LogP contribution is -2.18. The second-order valence-corrected chi connectivity index (χ2v) is 3.59. The first-order valence-corrected chi connectivity index (χ1v) is 4.69. The van der Waals surface area contributed by atoms with Crippen molar-refractivity contribution in [3.8, 4) is 0 Å². The molecule has 0 unspecified atom stereocenters. The first-order chi connectivity index (χ1) is 6.27. The van der Waals surface area contributed by atoms with Crippen LogP contribution in [0, 0.1) is 6.92 Å². The van der Waals surface area contributed by atoms with Gasteiger partial charge in [0, 0.05) is 26.3 Å². The van der Waals surface area contributed by atoms with E-state index in [1.54, 1.807) is 0 Å². The van der Waals surface area contributed by atoms with E-state index in [0.717, 1.165) is 18.9 Å². The third-order valence-electron chi connectivity index (χ3n) is 2.35. The van der Waals surface area contributed by atoms with Crippen LogP contribution >= 0.6 is 0 Å². The SMILES string of the molecule is Cc1cnc2c(c1)NCCCN2C. The van der Waals surface area contributed by atoms with E-state index in [1.165, 1.54) is 17.7 Å². The second-order valence-electron chi connectivity index (χ2n) is 3.59. The van der Waals surface area contributed by atoms with Crippen LogP contribution in [0.2, 0.25) is 0 Å². The van der Waals surface area contributed by atoms with Gasteiger partial charge in [-0.2, -0.15) is 0 Å². The summed E-state index contributed by atoms with van der Waals surface area (Å²) in [4.78, 5) is 6.63. The summed E-state index contributed by atoms with van der Waals surface area (Å²) >= 11 is 0. The molecule has 2 heterocycles. The summed E-state index contributed by atoms with van der Waals surface area (Å²) in [5.74, 6) is 1.07. The molecule has 13 heavy (non-hydrogen) atoms. The standard InChI is InChI=1S/C10H15N3/c1-8-6-9-10(12-7-8)13(2)5-3-4-11-9/h6-7,11H,3-5H2,1-2H3. The number of aromatic nitrogens is 1. The van der Waals surface area contributed by atoms with Gasteiger partial charge < -0.3 is 10.2 Å². The Kier molecular flexibility index (Phi) is 2.08. The molecule has 0 radical (unpaired) electrons. The maximum absolute atomic E-state index is 4.42. The summed E-state index contributed by atoms with van der Waals surface area (Å²) in [6.07, 6.45) is 3.09. The van der Waals surface area contributed by atoms with Gasteiger partial charge in [-0.25, -0.2) is 4.98 Å². The van der Waals surface area contributed by atoms with E-state index < -0.39 is 0 Å². The Morgan fingerprint density at radius 2 is 2.38 bits per heavy atom. The molecule has 1 aliphatic rings. The van der Waals surface area contributed by atoms with Crippen LogP contribution in [0.5, 0.6) is 0 Å². The van der Waals surface area contributed by atoms with Crippen LogP contribution in [0.4, 0.5) is 11.5 Å². The number of aryl methyl sites for hydroxylation is 1. The summed E-state index contributed by atoms with van der Waals surface area (Å²) in [6.45, 7) is 4.19. The van der Waals surface area contributed by atoms with E-state index in [9.17, 15) is 0 Å². The van der Waals surface area contributed by atoms with Crippen molar-refractivity contribution in [3.63, 3.8) is 0 Å². The smallest absolute Gasteiger partial charge is 0.151 e. The van der Waals surface area contributed by atoms with Gasteiger partial charge in [0.05, 0.1) is 5.69 Å². The van der Waals surface area contributed by atoms with Crippen molar-refractivity contribution in [2.75, 3.05) is 30.4 Å². The minimum Gasteiger partial charge on any atom is -0.382 e. The van der Waals surface area contributed by atoms with Crippen LogP contribution in [0.25, 0.3) is 0 Å². The molecule has 3 nitrogen and oxygen atoms in total. The first kappa shape index (κ1) is 8.35. The predicted molar refractivity (Wildman–Crippen MR) is 55.4 cm³/mol. The van der Waals surface area contributed by atoms with Gasteiger partial charge in [-0.1, -0.05) is 0 Å². The molecular formula is C10H15N3. The molecule has 1 aromatic rings. The van der Waals surface area contributed by atoms with E-state index in [0.29, 0.717) is 0 Å². The summed E-state index contributed by atoms with van der Waals surface area (Å²) in [5.41, 5.74) is 2.38. The highest BCUT2D eigenvalue weighted by atomic mass is 15.2. The zero-order valence-corrected chi connectivity index (χ0v) is 8.17. The highest BCUT2D eigenvalue weighted by Gasteiger charge is 2.12. The molecule has 70 valence electrons. The van der Waals surface area contributed by atoms with Crippen molar-refractivity contribution in [2.45, 2.75) is 13.3 Å². The van der Waals surface area contributed by atoms with E-state index in [2.05, 4.69) is 35.2 Å². The van der Waals surface area contributed by atoms with Crippen LogP contribution in [0.15, 0.2) is 12.3 Å². The lowest BCUT2D eigenvalue weighted by molar-refractivity contribution is 0.829. The lowest BCUT2D eigenvalue weighted by Gasteiger charge is -2.17. The van der Waals surface area contributed by atoms with Crippen LogP contribution < -0.4 is 10.2 Å². The van der Waals surface area contributed by atoms with E-state index in [-0.39, 0.29) is 0 Å². The molecule has 0 saturated heterocycles. The molecule has 1 aromatic heterocycles. The molecule has 0 bridgehead atoms. The number of hydrogen-bond acceptors (Lipinski definition) is 3. The molecule has 0 spiro atoms. The fourth-order valence-corrected chi connectivity index (χ4v) is 1.64. The van der Waals surface area contributed by atoms with Crippen LogP contribution in [0.3, 0.4) is 0 Å². The fourth-order valence-electron chi connectivity index (χ4n) is 1.64. The minimum absolute atomic E-state index is 1.04. The molecule has 0 saturated carbocycles. The van der Waals surface area contributed by atoms with E-state index in [4.69, 9.17) is 0 Å². The van der Waals surface area contributed by atoms with Gasteiger partial charge in [0.15, 0.2) is 5.82 Å². The summed E-state index contributed by atoms with van der Waals surface area (Å²) in [6, 6.07) is 2.16. The number of hydrogen-bond donors (Lipinski definition) is 1. The largest absolute Gasteiger partial charge is 0.382 e.